The lowest BCUT2D eigenvalue weighted by Crippen LogP contribution is -2.46. The molecule has 11 heteroatoms. The number of amides is 2. The average molecular weight is 488 g/mol. The third-order valence-corrected chi connectivity index (χ3v) is 6.60. The predicted octanol–water partition coefficient (Wildman–Crippen LogP) is 2.43. The predicted molar refractivity (Wildman–Crippen MR) is 126 cm³/mol. The first-order valence-corrected chi connectivity index (χ1v) is 11.1. The molecule has 2 aromatic carbocycles. The summed E-state index contributed by atoms with van der Waals surface area (Å²) in [4.78, 5) is 63.9. The zero-order chi connectivity index (χ0) is 25.7. The summed E-state index contributed by atoms with van der Waals surface area (Å²) < 4.78 is 5.01. The van der Waals surface area contributed by atoms with Crippen LogP contribution in [0.25, 0.3) is 0 Å². The summed E-state index contributed by atoms with van der Waals surface area (Å²) in [5.74, 6) is -3.74. The molecule has 11 nitrogen and oxygen atoms in total. The van der Waals surface area contributed by atoms with Gasteiger partial charge in [0.15, 0.2) is 5.78 Å². The van der Waals surface area contributed by atoms with Crippen LogP contribution in [0.15, 0.2) is 59.7 Å². The van der Waals surface area contributed by atoms with Crippen molar-refractivity contribution >= 4 is 41.2 Å². The second-order valence-corrected chi connectivity index (χ2v) is 8.74. The van der Waals surface area contributed by atoms with E-state index in [-0.39, 0.29) is 22.7 Å². The first kappa shape index (κ1) is 23.1. The molecule has 0 aliphatic carbocycles. The van der Waals surface area contributed by atoms with E-state index in [1.165, 1.54) is 60.6 Å². The first-order chi connectivity index (χ1) is 17.2. The summed E-state index contributed by atoms with van der Waals surface area (Å²) in [6.45, 7) is 2.91. The van der Waals surface area contributed by atoms with Crippen LogP contribution in [0.2, 0.25) is 0 Å². The van der Waals surface area contributed by atoms with Crippen molar-refractivity contribution in [3.63, 3.8) is 0 Å². The number of carbonyl (C=O) groups excluding carboxylic acids is 4. The number of aryl methyl sites for hydroxylation is 1. The van der Waals surface area contributed by atoms with Crippen LogP contribution in [0.1, 0.15) is 22.8 Å². The molecule has 4 atom stereocenters. The number of non-ortho nitro benzene ring substituents is 1. The van der Waals surface area contributed by atoms with Crippen LogP contribution in [0.5, 0.6) is 5.75 Å². The number of anilines is 1. The van der Waals surface area contributed by atoms with Crippen LogP contribution in [-0.2, 0) is 14.4 Å². The number of nitro benzene ring substituents is 1. The Morgan fingerprint density at radius 3 is 2.42 bits per heavy atom. The van der Waals surface area contributed by atoms with Gasteiger partial charge in [-0.25, -0.2) is 4.90 Å². The highest BCUT2D eigenvalue weighted by molar-refractivity contribution is 6.25. The minimum absolute atomic E-state index is 0.125. The minimum Gasteiger partial charge on any atom is -0.427 e. The summed E-state index contributed by atoms with van der Waals surface area (Å²) in [6, 6.07) is 8.19. The number of hydrazone groups is 1. The number of fused-ring (bicyclic) bond motifs is 3. The molecule has 36 heavy (non-hydrogen) atoms. The highest BCUT2D eigenvalue weighted by Crippen LogP contribution is 2.47. The summed E-state index contributed by atoms with van der Waals surface area (Å²) >= 11 is 0. The monoisotopic (exact) mass is 488 g/mol. The topological polar surface area (TPSA) is 139 Å². The maximum atomic E-state index is 13.7. The molecule has 2 saturated heterocycles. The number of Topliss-reactive ketones (excluding diaryl/α,β-unsaturated/α-hetero) is 1. The van der Waals surface area contributed by atoms with Crippen molar-refractivity contribution in [2.24, 2.45) is 16.9 Å². The fourth-order valence-electron chi connectivity index (χ4n) is 5.05. The minimum atomic E-state index is -1.07. The zero-order valence-electron chi connectivity index (χ0n) is 19.2. The average Bonchev–Trinajstić information content (AvgIpc) is 3.31. The van der Waals surface area contributed by atoms with Crippen LogP contribution in [-0.4, -0.2) is 51.8 Å². The molecule has 2 amide bonds. The van der Waals surface area contributed by atoms with E-state index in [1.807, 2.05) is 0 Å². The molecule has 0 spiro atoms. The van der Waals surface area contributed by atoms with Gasteiger partial charge in [0.05, 0.1) is 28.5 Å². The molecule has 0 N–H and O–H groups in total. The van der Waals surface area contributed by atoms with Gasteiger partial charge in [0.25, 0.3) is 5.69 Å². The number of nitro groups is 1. The summed E-state index contributed by atoms with van der Waals surface area (Å²) in [5.41, 5.74) is 0.642. The van der Waals surface area contributed by atoms with Crippen molar-refractivity contribution < 1.29 is 28.8 Å². The molecular formula is C25H20N4O7. The van der Waals surface area contributed by atoms with E-state index in [0.29, 0.717) is 5.56 Å². The lowest BCUT2D eigenvalue weighted by atomic mass is 9.86. The number of rotatable bonds is 5. The van der Waals surface area contributed by atoms with E-state index in [0.717, 1.165) is 4.90 Å². The number of esters is 1. The number of imide groups is 1. The quantitative estimate of drug-likeness (QED) is 0.156. The zero-order valence-corrected chi connectivity index (χ0v) is 19.2. The van der Waals surface area contributed by atoms with Gasteiger partial charge in [-0.2, -0.15) is 5.10 Å². The highest BCUT2D eigenvalue weighted by atomic mass is 16.6. The molecule has 3 heterocycles. The third-order valence-electron chi connectivity index (χ3n) is 6.60. The Hall–Kier alpha value is -4.67. The molecule has 0 radical (unpaired) electrons. The van der Waals surface area contributed by atoms with Crippen LogP contribution < -0.4 is 9.64 Å². The Morgan fingerprint density at radius 2 is 1.75 bits per heavy atom. The maximum Gasteiger partial charge on any atom is 0.308 e. The Kier molecular flexibility index (Phi) is 5.47. The van der Waals surface area contributed by atoms with Crippen molar-refractivity contribution in [3.8, 4) is 5.75 Å². The molecular weight excluding hydrogens is 468 g/mol. The molecule has 5 rings (SSSR count). The molecule has 0 aromatic heterocycles. The fourth-order valence-corrected chi connectivity index (χ4v) is 5.05. The number of ether oxygens (including phenoxy) is 1. The number of hydrogen-bond donors (Lipinski definition) is 0. The van der Waals surface area contributed by atoms with E-state index in [2.05, 4.69) is 5.10 Å². The van der Waals surface area contributed by atoms with Gasteiger partial charge >= 0.3 is 5.97 Å². The van der Waals surface area contributed by atoms with E-state index in [4.69, 9.17) is 4.74 Å². The van der Waals surface area contributed by atoms with Crippen LogP contribution in [0.3, 0.4) is 0 Å². The van der Waals surface area contributed by atoms with Gasteiger partial charge in [0, 0.05) is 30.8 Å². The maximum absolute atomic E-state index is 13.7. The molecule has 182 valence electrons. The lowest BCUT2D eigenvalue weighted by Gasteiger charge is -2.30. The number of allylic oxidation sites excluding steroid dienone is 1. The van der Waals surface area contributed by atoms with Gasteiger partial charge in [0.2, 0.25) is 11.8 Å². The Bertz CT molecular complexity index is 1380. The van der Waals surface area contributed by atoms with Gasteiger partial charge in [0.1, 0.15) is 11.8 Å². The number of nitrogens with zero attached hydrogens (tertiary/aromatic N) is 4. The first-order valence-electron chi connectivity index (χ1n) is 11.1. The van der Waals surface area contributed by atoms with Crippen molar-refractivity contribution in [1.29, 1.82) is 0 Å². The molecule has 0 saturated carbocycles. The standard InChI is InChI=1S/C25H20N4O7/c1-13-5-8-16(29(34)35)12-19(13)27-24(32)20-18-4-3-11-26-28(18)22(21(20)25(27)33)23(31)15-6-9-17(10-7-15)36-14(2)30/h3-12,18,20-22H,1-2H3/t18-,20+,21+,22-/m0/s1. The normalized spacial score (nSPS) is 24.1. The summed E-state index contributed by atoms with van der Waals surface area (Å²) in [6.07, 6.45) is 4.85. The second-order valence-electron chi connectivity index (χ2n) is 8.74. The van der Waals surface area contributed by atoms with Crippen molar-refractivity contribution in [3.05, 3.63) is 75.9 Å². The number of carbonyl (C=O) groups is 4. The van der Waals surface area contributed by atoms with Crippen molar-refractivity contribution in [2.75, 3.05) is 4.90 Å². The molecule has 3 aliphatic rings. The smallest absolute Gasteiger partial charge is 0.308 e. The van der Waals surface area contributed by atoms with E-state index in [9.17, 15) is 29.3 Å². The second kappa shape index (κ2) is 8.52. The molecule has 2 aromatic rings. The van der Waals surface area contributed by atoms with Crippen LogP contribution in [0.4, 0.5) is 11.4 Å². The Morgan fingerprint density at radius 1 is 1.06 bits per heavy atom. The molecule has 0 unspecified atom stereocenters. The number of ketones is 1. The lowest BCUT2D eigenvalue weighted by molar-refractivity contribution is -0.384. The number of benzene rings is 2. The van der Waals surface area contributed by atoms with Gasteiger partial charge in [-0.1, -0.05) is 12.1 Å². The van der Waals surface area contributed by atoms with E-state index in [1.54, 1.807) is 19.1 Å². The molecule has 3 aliphatic heterocycles. The Balaban J connectivity index is 1.54. The largest absolute Gasteiger partial charge is 0.427 e. The summed E-state index contributed by atoms with van der Waals surface area (Å²) in [5, 5.41) is 17.1. The summed E-state index contributed by atoms with van der Waals surface area (Å²) in [7, 11) is 0. The molecule has 2 fully saturated rings. The van der Waals surface area contributed by atoms with Gasteiger partial charge in [-0.05, 0) is 42.8 Å². The van der Waals surface area contributed by atoms with Crippen molar-refractivity contribution in [2.45, 2.75) is 25.9 Å². The van der Waals surface area contributed by atoms with E-state index >= 15 is 0 Å². The van der Waals surface area contributed by atoms with Crippen molar-refractivity contribution in [1.82, 2.24) is 5.01 Å². The Labute approximate surface area is 204 Å². The third kappa shape index (κ3) is 3.56. The van der Waals surface area contributed by atoms with Gasteiger partial charge in [-0.3, -0.25) is 34.3 Å². The number of hydrogen-bond acceptors (Lipinski definition) is 9. The SMILES string of the molecule is CC(=O)Oc1ccc(C(=O)[C@@H]2[C@@H]3C(=O)N(c4cc([N+](=O)[O-])ccc4C)C(=O)[C@@H]3[C@@H]3C=CC=NN23)cc1. The highest BCUT2D eigenvalue weighted by Gasteiger charge is 2.64. The van der Waals surface area contributed by atoms with Gasteiger partial charge in [-0.15, -0.1) is 0 Å². The molecule has 0 bridgehead atoms. The fraction of sp³-hybridized carbons (Fsp3) is 0.240. The van der Waals surface area contributed by atoms with Gasteiger partial charge < -0.3 is 4.74 Å². The van der Waals surface area contributed by atoms with Crippen LogP contribution >= 0.6 is 0 Å². The van der Waals surface area contributed by atoms with Crippen LogP contribution in [0, 0.1) is 28.9 Å². The van der Waals surface area contributed by atoms with E-state index < -0.39 is 52.4 Å².